The molecular formula is C17H18N4O. The average molecular weight is 294 g/mol. The highest BCUT2D eigenvalue weighted by atomic mass is 16.1. The molecule has 0 atom stereocenters. The second-order valence-corrected chi connectivity index (χ2v) is 5.17. The molecule has 2 heterocycles. The van der Waals surface area contributed by atoms with E-state index < -0.39 is 0 Å². The number of hydrogen-bond donors (Lipinski definition) is 1. The fraction of sp³-hybridized carbons (Fsp3) is 0.235. The summed E-state index contributed by atoms with van der Waals surface area (Å²) in [7, 11) is 0. The molecular weight excluding hydrogens is 276 g/mol. The van der Waals surface area contributed by atoms with Gasteiger partial charge in [0.05, 0.1) is 18.1 Å². The van der Waals surface area contributed by atoms with E-state index >= 15 is 0 Å². The molecule has 5 heteroatoms. The fourth-order valence-electron chi connectivity index (χ4n) is 2.41. The van der Waals surface area contributed by atoms with Crippen molar-refractivity contribution in [3.63, 3.8) is 0 Å². The first kappa shape index (κ1) is 14.3. The van der Waals surface area contributed by atoms with Crippen LogP contribution in [0.2, 0.25) is 0 Å². The van der Waals surface area contributed by atoms with Crippen LogP contribution in [0.4, 0.5) is 0 Å². The molecule has 22 heavy (non-hydrogen) atoms. The van der Waals surface area contributed by atoms with Crippen LogP contribution in [0.3, 0.4) is 0 Å². The van der Waals surface area contributed by atoms with Crippen molar-refractivity contribution in [3.8, 4) is 0 Å². The van der Waals surface area contributed by atoms with E-state index in [-0.39, 0.29) is 5.91 Å². The molecule has 0 bridgehead atoms. The van der Waals surface area contributed by atoms with Crippen molar-refractivity contribution >= 4 is 16.8 Å². The van der Waals surface area contributed by atoms with Crippen molar-refractivity contribution in [1.29, 1.82) is 0 Å². The smallest absolute Gasteiger partial charge is 0.224 e. The van der Waals surface area contributed by atoms with Gasteiger partial charge in [0.2, 0.25) is 5.91 Å². The Morgan fingerprint density at radius 1 is 1.14 bits per heavy atom. The van der Waals surface area contributed by atoms with Crippen LogP contribution in [0, 0.1) is 0 Å². The Labute approximate surface area is 129 Å². The van der Waals surface area contributed by atoms with Gasteiger partial charge in [-0.05, 0) is 24.1 Å². The maximum atomic E-state index is 11.8. The molecule has 5 nitrogen and oxygen atoms in total. The normalized spacial score (nSPS) is 10.7. The minimum Gasteiger partial charge on any atom is -0.356 e. The van der Waals surface area contributed by atoms with E-state index in [1.807, 2.05) is 35.1 Å². The van der Waals surface area contributed by atoms with E-state index in [0.717, 1.165) is 29.4 Å². The molecule has 2 aromatic heterocycles. The fourth-order valence-corrected chi connectivity index (χ4v) is 2.41. The first-order chi connectivity index (χ1) is 10.8. The number of nitrogens with one attached hydrogen (secondary N) is 1. The van der Waals surface area contributed by atoms with Gasteiger partial charge in [0, 0.05) is 30.9 Å². The summed E-state index contributed by atoms with van der Waals surface area (Å²) in [6, 6.07) is 11.9. The molecule has 0 unspecified atom stereocenters. The number of nitrogens with zero attached hydrogens (tertiary/aromatic N) is 3. The lowest BCUT2D eigenvalue weighted by atomic mass is 10.2. The minimum absolute atomic E-state index is 0.0262. The van der Waals surface area contributed by atoms with Gasteiger partial charge in [0.25, 0.3) is 0 Å². The number of rotatable bonds is 6. The molecule has 1 aromatic carbocycles. The predicted molar refractivity (Wildman–Crippen MR) is 85.3 cm³/mol. The number of aromatic nitrogens is 3. The Morgan fingerprint density at radius 2 is 2.05 bits per heavy atom. The average Bonchev–Trinajstić information content (AvgIpc) is 2.96. The SMILES string of the molecule is O=C(Cc1cccnc1)NCCCn1ncc2ccccc21. The van der Waals surface area contributed by atoms with Crippen molar-refractivity contribution in [3.05, 3.63) is 60.6 Å². The third-order valence-corrected chi connectivity index (χ3v) is 3.51. The third kappa shape index (κ3) is 3.49. The number of para-hydroxylation sites is 1. The second-order valence-electron chi connectivity index (χ2n) is 5.17. The van der Waals surface area contributed by atoms with Crippen molar-refractivity contribution in [1.82, 2.24) is 20.1 Å². The highest BCUT2D eigenvalue weighted by molar-refractivity contribution is 5.78. The summed E-state index contributed by atoms with van der Waals surface area (Å²) in [6.45, 7) is 1.44. The van der Waals surface area contributed by atoms with Crippen LogP contribution in [0.1, 0.15) is 12.0 Å². The van der Waals surface area contributed by atoms with Crippen LogP contribution in [0.15, 0.2) is 55.0 Å². The number of carbonyl (C=O) groups excluding carboxylic acids is 1. The van der Waals surface area contributed by atoms with Gasteiger partial charge in [-0.3, -0.25) is 14.5 Å². The van der Waals surface area contributed by atoms with Crippen molar-refractivity contribution in [2.75, 3.05) is 6.54 Å². The van der Waals surface area contributed by atoms with E-state index in [1.165, 1.54) is 0 Å². The molecule has 0 aliphatic heterocycles. The maximum absolute atomic E-state index is 11.8. The maximum Gasteiger partial charge on any atom is 0.224 e. The predicted octanol–water partition coefficient (Wildman–Crippen LogP) is 2.18. The Morgan fingerprint density at radius 3 is 2.91 bits per heavy atom. The summed E-state index contributed by atoms with van der Waals surface area (Å²) in [6.07, 6.45) is 6.52. The van der Waals surface area contributed by atoms with E-state index in [2.05, 4.69) is 27.5 Å². The summed E-state index contributed by atoms with van der Waals surface area (Å²) in [5, 5.41) is 8.45. The molecule has 3 rings (SSSR count). The molecule has 0 fully saturated rings. The molecule has 0 saturated heterocycles. The van der Waals surface area contributed by atoms with Crippen molar-refractivity contribution < 1.29 is 4.79 Å². The molecule has 1 amide bonds. The summed E-state index contributed by atoms with van der Waals surface area (Å²) < 4.78 is 1.97. The Kier molecular flexibility index (Phi) is 4.44. The van der Waals surface area contributed by atoms with E-state index in [0.29, 0.717) is 13.0 Å². The van der Waals surface area contributed by atoms with Gasteiger partial charge >= 0.3 is 0 Å². The molecule has 0 saturated carbocycles. The van der Waals surface area contributed by atoms with E-state index in [1.54, 1.807) is 12.4 Å². The zero-order valence-corrected chi connectivity index (χ0v) is 12.3. The first-order valence-corrected chi connectivity index (χ1v) is 7.39. The molecule has 3 aromatic rings. The van der Waals surface area contributed by atoms with Crippen LogP contribution in [-0.2, 0) is 17.8 Å². The zero-order valence-electron chi connectivity index (χ0n) is 12.3. The number of amides is 1. The summed E-state index contributed by atoms with van der Waals surface area (Å²) in [5.41, 5.74) is 2.06. The Balaban J connectivity index is 1.45. The summed E-state index contributed by atoms with van der Waals surface area (Å²) in [5.74, 6) is 0.0262. The third-order valence-electron chi connectivity index (χ3n) is 3.51. The number of benzene rings is 1. The van der Waals surface area contributed by atoms with Crippen LogP contribution in [0.5, 0.6) is 0 Å². The quantitative estimate of drug-likeness (QED) is 0.709. The Hall–Kier alpha value is -2.69. The first-order valence-electron chi connectivity index (χ1n) is 7.39. The molecule has 0 radical (unpaired) electrons. The molecule has 0 spiro atoms. The van der Waals surface area contributed by atoms with Gasteiger partial charge in [-0.1, -0.05) is 24.3 Å². The summed E-state index contributed by atoms with van der Waals surface area (Å²) in [4.78, 5) is 15.8. The lowest BCUT2D eigenvalue weighted by molar-refractivity contribution is -0.120. The highest BCUT2D eigenvalue weighted by Gasteiger charge is 2.04. The monoisotopic (exact) mass is 294 g/mol. The highest BCUT2D eigenvalue weighted by Crippen LogP contribution is 2.12. The number of aryl methyl sites for hydroxylation is 1. The standard InChI is InChI=1S/C17H18N4O/c22-17(11-14-5-3-8-18-12-14)19-9-4-10-21-16-7-2-1-6-15(16)13-20-21/h1-3,5-8,12-13H,4,9-11H2,(H,19,22). The topological polar surface area (TPSA) is 59.8 Å². The van der Waals surface area contributed by atoms with Crippen LogP contribution >= 0.6 is 0 Å². The van der Waals surface area contributed by atoms with Gasteiger partial charge < -0.3 is 5.32 Å². The lowest BCUT2D eigenvalue weighted by Crippen LogP contribution is -2.26. The van der Waals surface area contributed by atoms with E-state index in [4.69, 9.17) is 0 Å². The number of hydrogen-bond acceptors (Lipinski definition) is 3. The van der Waals surface area contributed by atoms with Crippen LogP contribution in [0.25, 0.3) is 10.9 Å². The van der Waals surface area contributed by atoms with Gasteiger partial charge in [0.15, 0.2) is 0 Å². The molecule has 0 aliphatic carbocycles. The second kappa shape index (κ2) is 6.85. The minimum atomic E-state index is 0.0262. The number of pyridine rings is 1. The number of carbonyl (C=O) groups is 1. The molecule has 112 valence electrons. The summed E-state index contributed by atoms with van der Waals surface area (Å²) >= 11 is 0. The van der Waals surface area contributed by atoms with Crippen LogP contribution < -0.4 is 5.32 Å². The molecule has 1 N–H and O–H groups in total. The largest absolute Gasteiger partial charge is 0.356 e. The van der Waals surface area contributed by atoms with Gasteiger partial charge in [0.1, 0.15) is 0 Å². The van der Waals surface area contributed by atoms with Gasteiger partial charge in [-0.25, -0.2) is 0 Å². The zero-order chi connectivity index (χ0) is 15.2. The lowest BCUT2D eigenvalue weighted by Gasteiger charge is -2.06. The van der Waals surface area contributed by atoms with Crippen molar-refractivity contribution in [2.24, 2.45) is 0 Å². The molecule has 0 aliphatic rings. The number of fused-ring (bicyclic) bond motifs is 1. The Bertz CT molecular complexity index is 751. The van der Waals surface area contributed by atoms with Crippen LogP contribution in [-0.4, -0.2) is 27.2 Å². The van der Waals surface area contributed by atoms with E-state index in [9.17, 15) is 4.79 Å². The van der Waals surface area contributed by atoms with Gasteiger partial charge in [-0.15, -0.1) is 0 Å². The van der Waals surface area contributed by atoms with Crippen molar-refractivity contribution in [2.45, 2.75) is 19.4 Å². The van der Waals surface area contributed by atoms with Gasteiger partial charge in [-0.2, -0.15) is 5.10 Å².